The maximum atomic E-state index is 15.2. The summed E-state index contributed by atoms with van der Waals surface area (Å²) in [6.45, 7) is 4.72. The summed E-state index contributed by atoms with van der Waals surface area (Å²) in [5, 5.41) is 0. The van der Waals surface area contributed by atoms with Crippen molar-refractivity contribution in [3.8, 4) is 16.9 Å². The van der Waals surface area contributed by atoms with Gasteiger partial charge in [-0.1, -0.05) is 89.1 Å². The molecule has 5 heteroatoms. The van der Waals surface area contributed by atoms with E-state index in [9.17, 15) is 8.78 Å². The molecule has 4 rings (SSSR count). The predicted molar refractivity (Wildman–Crippen MR) is 163 cm³/mol. The molecule has 219 valence electrons. The molecule has 0 bridgehead atoms. The predicted octanol–water partition coefficient (Wildman–Crippen LogP) is 11.2. The molecule has 40 heavy (non-hydrogen) atoms. The van der Waals surface area contributed by atoms with Crippen LogP contribution >= 0.6 is 0 Å². The number of hydrogen-bond donors (Lipinski definition) is 0. The summed E-state index contributed by atoms with van der Waals surface area (Å²) in [5.41, 5.74) is 3.61. The summed E-state index contributed by atoms with van der Waals surface area (Å²) in [4.78, 5) is 0. The summed E-state index contributed by atoms with van der Waals surface area (Å²) in [6.07, 6.45) is 17.6. The highest BCUT2D eigenvalue weighted by Gasteiger charge is 2.31. The Hall–Kier alpha value is -2.01. The van der Waals surface area contributed by atoms with Gasteiger partial charge in [-0.3, -0.25) is 0 Å². The van der Waals surface area contributed by atoms with E-state index in [-0.39, 0.29) is 25.7 Å². The molecule has 1 heterocycles. The van der Waals surface area contributed by atoms with Gasteiger partial charge in [-0.05, 0) is 80.0 Å². The van der Waals surface area contributed by atoms with Gasteiger partial charge in [0.25, 0.3) is 0 Å². The number of benzene rings is 2. The first-order chi connectivity index (χ1) is 19.5. The molecule has 0 N–H and O–H groups in total. The van der Waals surface area contributed by atoms with Crippen LogP contribution in [-0.4, -0.2) is 15.4 Å². The fourth-order valence-electron chi connectivity index (χ4n) is 6.71. The zero-order chi connectivity index (χ0) is 28.3. The lowest BCUT2D eigenvalue weighted by molar-refractivity contribution is 0.216. The Morgan fingerprint density at radius 2 is 1.48 bits per heavy atom. The smallest absolute Gasteiger partial charge is 0.201 e. The van der Waals surface area contributed by atoms with Crippen LogP contribution in [0.25, 0.3) is 11.1 Å². The summed E-state index contributed by atoms with van der Waals surface area (Å²) in [5.74, 6) is -0.679. The molecule has 0 amide bonds. The Morgan fingerprint density at radius 3 is 2.17 bits per heavy atom. The van der Waals surface area contributed by atoms with Crippen molar-refractivity contribution in [2.45, 2.75) is 115 Å². The molecule has 1 aliphatic carbocycles. The molecule has 1 nitrogen and oxygen atoms in total. The summed E-state index contributed by atoms with van der Waals surface area (Å²) < 4.78 is 50.3. The number of unbranched alkanes of at least 4 members (excludes halogenated alkanes) is 5. The second-order valence-electron chi connectivity index (χ2n) is 12.0. The Balaban J connectivity index is 1.29. The monoisotopic (exact) mass is 569 g/mol. The van der Waals surface area contributed by atoms with E-state index >= 15 is 4.39 Å². The highest BCUT2D eigenvalue weighted by molar-refractivity contribution is 6.64. The maximum absolute atomic E-state index is 15.2. The SMILES string of the molecule is CCCC/C=C/[Si]1CCC(C2CCC(c3ccc(-c4ccc(OCCCCCC)c(F)c4F)c(F)c3)CC2)CC1. The van der Waals surface area contributed by atoms with E-state index in [4.69, 9.17) is 4.74 Å². The molecule has 0 unspecified atom stereocenters. The zero-order valence-corrected chi connectivity index (χ0v) is 25.6. The van der Waals surface area contributed by atoms with Gasteiger partial charge in [-0.2, -0.15) is 4.39 Å². The van der Waals surface area contributed by atoms with Crippen molar-refractivity contribution in [2.75, 3.05) is 6.61 Å². The lowest BCUT2D eigenvalue weighted by atomic mass is 9.72. The Labute approximate surface area is 242 Å². The molecule has 0 atom stereocenters. The third-order valence-corrected chi connectivity index (χ3v) is 11.8. The number of halogens is 3. The van der Waals surface area contributed by atoms with Crippen molar-refractivity contribution in [3.05, 3.63) is 65.1 Å². The van der Waals surface area contributed by atoms with Crippen LogP contribution in [0.15, 0.2) is 42.1 Å². The Morgan fingerprint density at radius 1 is 0.775 bits per heavy atom. The molecular formula is C35H48F3OSi. The fourth-order valence-corrected chi connectivity index (χ4v) is 9.28. The average molecular weight is 570 g/mol. The zero-order valence-electron chi connectivity index (χ0n) is 24.6. The van der Waals surface area contributed by atoms with Gasteiger partial charge in [0, 0.05) is 11.1 Å². The van der Waals surface area contributed by atoms with Gasteiger partial charge < -0.3 is 4.74 Å². The number of hydrogen-bond acceptors (Lipinski definition) is 1. The van der Waals surface area contributed by atoms with Gasteiger partial charge >= 0.3 is 0 Å². The molecule has 2 aromatic carbocycles. The minimum Gasteiger partial charge on any atom is -0.490 e. The van der Waals surface area contributed by atoms with Gasteiger partial charge in [-0.15, -0.1) is 5.70 Å². The van der Waals surface area contributed by atoms with Crippen molar-refractivity contribution in [2.24, 2.45) is 11.8 Å². The van der Waals surface area contributed by atoms with Crippen LogP contribution in [0, 0.1) is 29.3 Å². The molecule has 0 aromatic heterocycles. The van der Waals surface area contributed by atoms with Gasteiger partial charge in [-0.25, -0.2) is 8.78 Å². The lowest BCUT2D eigenvalue weighted by Crippen LogP contribution is -2.27. The van der Waals surface area contributed by atoms with Crippen LogP contribution in [0.5, 0.6) is 5.75 Å². The molecule has 2 aromatic rings. The van der Waals surface area contributed by atoms with Crippen molar-refractivity contribution >= 4 is 8.80 Å². The molecule has 1 aliphatic heterocycles. The summed E-state index contributed by atoms with van der Waals surface area (Å²) in [6, 6.07) is 10.8. The molecule has 1 saturated heterocycles. The van der Waals surface area contributed by atoms with Crippen LogP contribution in [0.4, 0.5) is 13.2 Å². The second kappa shape index (κ2) is 15.8. The van der Waals surface area contributed by atoms with E-state index < -0.39 is 17.5 Å². The first-order valence-corrected chi connectivity index (χ1v) is 17.9. The normalized spacial score (nSPS) is 20.8. The lowest BCUT2D eigenvalue weighted by Gasteiger charge is -2.37. The van der Waals surface area contributed by atoms with E-state index in [2.05, 4.69) is 25.6 Å². The third kappa shape index (κ3) is 8.27. The van der Waals surface area contributed by atoms with Crippen molar-refractivity contribution in [1.82, 2.24) is 0 Å². The molecular weight excluding hydrogens is 521 g/mol. The van der Waals surface area contributed by atoms with Crippen molar-refractivity contribution in [1.29, 1.82) is 0 Å². The summed E-state index contributed by atoms with van der Waals surface area (Å²) >= 11 is 0. The van der Waals surface area contributed by atoms with Crippen LogP contribution in [0.3, 0.4) is 0 Å². The highest BCUT2D eigenvalue weighted by Crippen LogP contribution is 2.44. The second-order valence-corrected chi connectivity index (χ2v) is 14.7. The van der Waals surface area contributed by atoms with Gasteiger partial charge in [0.2, 0.25) is 5.82 Å². The van der Waals surface area contributed by atoms with Crippen molar-refractivity contribution < 1.29 is 17.9 Å². The highest BCUT2D eigenvalue weighted by atomic mass is 28.3. The first-order valence-electron chi connectivity index (χ1n) is 15.9. The van der Waals surface area contributed by atoms with Crippen LogP contribution in [-0.2, 0) is 0 Å². The van der Waals surface area contributed by atoms with Gasteiger partial charge in [0.1, 0.15) is 5.82 Å². The Bertz CT molecular complexity index is 1080. The van der Waals surface area contributed by atoms with Crippen LogP contribution < -0.4 is 4.74 Å². The standard InChI is InChI=1S/C35H48F3OSi/c1-3-5-7-9-21-39-33-18-17-31(34(37)35(33)38)30-16-15-29(25-32(30)36)27-13-11-26(12-14-27)28-19-23-40(24-20-28)22-10-8-6-4-2/h10,15-18,22,25-28H,3-9,11-14,19-21,23-24H2,1-2H3/b22-10+. The molecule has 2 aliphatic rings. The molecule has 2 fully saturated rings. The number of rotatable bonds is 13. The number of ether oxygens (including phenoxy) is 1. The van der Waals surface area contributed by atoms with E-state index in [0.29, 0.717) is 12.5 Å². The quantitative estimate of drug-likeness (QED) is 0.172. The van der Waals surface area contributed by atoms with Crippen LogP contribution in [0.2, 0.25) is 12.1 Å². The molecule has 0 spiro atoms. The molecule has 1 radical (unpaired) electrons. The van der Waals surface area contributed by atoms with Crippen molar-refractivity contribution in [3.63, 3.8) is 0 Å². The minimum absolute atomic E-state index is 0.0537. The van der Waals surface area contributed by atoms with Gasteiger partial charge in [0.15, 0.2) is 11.6 Å². The average Bonchev–Trinajstić information content (AvgIpc) is 2.98. The fraction of sp³-hybridized carbons (Fsp3) is 0.600. The summed E-state index contributed by atoms with van der Waals surface area (Å²) in [7, 11) is -0.278. The maximum Gasteiger partial charge on any atom is 0.201 e. The van der Waals surface area contributed by atoms with E-state index in [1.807, 2.05) is 6.07 Å². The van der Waals surface area contributed by atoms with E-state index in [1.165, 1.54) is 69.2 Å². The topological polar surface area (TPSA) is 9.23 Å². The largest absolute Gasteiger partial charge is 0.490 e. The van der Waals surface area contributed by atoms with E-state index in [0.717, 1.165) is 55.9 Å². The first kappa shape index (κ1) is 30.9. The van der Waals surface area contributed by atoms with E-state index in [1.54, 1.807) is 12.1 Å². The minimum atomic E-state index is -1.05. The van der Waals surface area contributed by atoms with Crippen LogP contribution in [0.1, 0.15) is 109 Å². The third-order valence-electron chi connectivity index (χ3n) is 9.25. The Kier molecular flexibility index (Phi) is 12.3. The molecule has 1 saturated carbocycles. The number of allylic oxidation sites excluding steroid dienone is 1. The van der Waals surface area contributed by atoms with Gasteiger partial charge in [0.05, 0.1) is 15.4 Å².